The molecule has 1 aromatic heterocycles. The maximum absolute atomic E-state index is 13.8. The van der Waals surface area contributed by atoms with E-state index >= 15 is 0 Å². The minimum Gasteiger partial charge on any atom is -0.382 e. The lowest BCUT2D eigenvalue weighted by molar-refractivity contribution is 0.358. The SMILES string of the molecule is N#Cc1cc(-c2cc(NC3CCN(SC4CC4)CC3)c3cnccc3c2)ccc1F. The molecule has 2 aromatic carbocycles. The van der Waals surface area contributed by atoms with E-state index in [1.54, 1.807) is 18.3 Å². The van der Waals surface area contributed by atoms with E-state index < -0.39 is 5.82 Å². The van der Waals surface area contributed by atoms with Gasteiger partial charge in [0.1, 0.15) is 11.9 Å². The molecule has 30 heavy (non-hydrogen) atoms. The molecular weight excluding hydrogens is 395 g/mol. The number of benzene rings is 2. The molecule has 1 saturated heterocycles. The predicted molar refractivity (Wildman–Crippen MR) is 121 cm³/mol. The third-order valence-corrected chi connectivity index (χ3v) is 7.24. The molecule has 6 heteroatoms. The number of anilines is 1. The van der Waals surface area contributed by atoms with Crippen molar-refractivity contribution in [2.45, 2.75) is 37.0 Å². The molecule has 0 spiro atoms. The van der Waals surface area contributed by atoms with Gasteiger partial charge in [0, 0.05) is 47.8 Å². The number of nitrogens with zero attached hydrogens (tertiary/aromatic N) is 3. The van der Waals surface area contributed by atoms with Crippen LogP contribution in [0.4, 0.5) is 10.1 Å². The Labute approximate surface area is 180 Å². The molecular formula is C24H23FN4S. The van der Waals surface area contributed by atoms with E-state index in [1.807, 2.05) is 30.3 Å². The summed E-state index contributed by atoms with van der Waals surface area (Å²) in [4.78, 5) is 4.32. The minimum absolute atomic E-state index is 0.0670. The molecule has 0 amide bonds. The molecule has 1 N–H and O–H groups in total. The average molecular weight is 419 g/mol. The Balaban J connectivity index is 1.42. The van der Waals surface area contributed by atoms with Gasteiger partial charge >= 0.3 is 0 Å². The number of pyridine rings is 1. The summed E-state index contributed by atoms with van der Waals surface area (Å²) in [5.74, 6) is -0.486. The Morgan fingerprint density at radius 3 is 2.67 bits per heavy atom. The molecule has 0 radical (unpaired) electrons. The van der Waals surface area contributed by atoms with Gasteiger partial charge in [-0.25, -0.2) is 4.39 Å². The van der Waals surface area contributed by atoms with Gasteiger partial charge in [-0.15, -0.1) is 0 Å². The van der Waals surface area contributed by atoms with Gasteiger partial charge in [0.2, 0.25) is 0 Å². The molecule has 0 unspecified atom stereocenters. The first-order valence-corrected chi connectivity index (χ1v) is 11.3. The smallest absolute Gasteiger partial charge is 0.140 e. The molecule has 1 saturated carbocycles. The minimum atomic E-state index is -0.486. The fourth-order valence-corrected chi connectivity index (χ4v) is 5.18. The number of nitriles is 1. The molecule has 0 bridgehead atoms. The second-order valence-corrected chi connectivity index (χ2v) is 9.47. The van der Waals surface area contributed by atoms with E-state index in [9.17, 15) is 9.65 Å². The van der Waals surface area contributed by atoms with Gasteiger partial charge in [0.25, 0.3) is 0 Å². The molecule has 1 aliphatic heterocycles. The van der Waals surface area contributed by atoms with Crippen LogP contribution in [0, 0.1) is 17.1 Å². The molecule has 2 heterocycles. The monoisotopic (exact) mass is 418 g/mol. The predicted octanol–water partition coefficient (Wildman–Crippen LogP) is 5.60. The van der Waals surface area contributed by atoms with Crippen molar-refractivity contribution in [1.29, 1.82) is 5.26 Å². The molecule has 5 rings (SSSR count). The Kier molecular flexibility index (Phi) is 5.32. The zero-order valence-corrected chi connectivity index (χ0v) is 17.5. The highest BCUT2D eigenvalue weighted by molar-refractivity contribution is 7.97. The van der Waals surface area contributed by atoms with E-state index in [2.05, 4.69) is 26.7 Å². The highest BCUT2D eigenvalue weighted by atomic mass is 32.2. The van der Waals surface area contributed by atoms with Gasteiger partial charge in [0.05, 0.1) is 5.56 Å². The summed E-state index contributed by atoms with van der Waals surface area (Å²) in [7, 11) is 0. The number of piperidine rings is 1. The van der Waals surface area contributed by atoms with Gasteiger partial charge < -0.3 is 5.32 Å². The molecule has 4 nitrogen and oxygen atoms in total. The Bertz CT molecular complexity index is 1110. The van der Waals surface area contributed by atoms with Crippen LogP contribution in [0.1, 0.15) is 31.2 Å². The van der Waals surface area contributed by atoms with Crippen LogP contribution in [0.5, 0.6) is 0 Å². The standard InChI is InChI=1S/C24H23FN4S/c25-23-4-1-16(11-19(23)14-26)18-12-17-5-8-27-15-22(17)24(13-18)28-20-6-9-29(10-7-20)30-21-2-3-21/h1,4-5,8,11-13,15,20-21,28H,2-3,6-7,9-10H2. The van der Waals surface area contributed by atoms with Crippen molar-refractivity contribution in [3.8, 4) is 17.2 Å². The Morgan fingerprint density at radius 2 is 1.90 bits per heavy atom. The molecule has 1 aliphatic carbocycles. The summed E-state index contributed by atoms with van der Waals surface area (Å²) in [5, 5.41) is 16.0. The second kappa shape index (κ2) is 8.25. The zero-order valence-electron chi connectivity index (χ0n) is 16.6. The van der Waals surface area contributed by atoms with Crippen LogP contribution >= 0.6 is 11.9 Å². The first kappa shape index (κ1) is 19.3. The molecule has 2 fully saturated rings. The maximum Gasteiger partial charge on any atom is 0.140 e. The Morgan fingerprint density at radius 1 is 1.07 bits per heavy atom. The topological polar surface area (TPSA) is 52.0 Å². The van der Waals surface area contributed by atoms with Gasteiger partial charge in [0.15, 0.2) is 0 Å². The summed E-state index contributed by atoms with van der Waals surface area (Å²) < 4.78 is 16.3. The van der Waals surface area contributed by atoms with E-state index in [4.69, 9.17) is 0 Å². The van der Waals surface area contributed by atoms with Crippen molar-refractivity contribution < 1.29 is 4.39 Å². The molecule has 2 aliphatic rings. The van der Waals surface area contributed by atoms with Crippen LogP contribution in [0.25, 0.3) is 21.9 Å². The van der Waals surface area contributed by atoms with Crippen LogP contribution < -0.4 is 5.32 Å². The highest BCUT2D eigenvalue weighted by Crippen LogP contribution is 2.38. The average Bonchev–Trinajstić information content (AvgIpc) is 3.59. The molecule has 152 valence electrons. The third kappa shape index (κ3) is 4.14. The molecule has 3 aromatic rings. The van der Waals surface area contributed by atoms with Crippen molar-refractivity contribution in [2.75, 3.05) is 18.4 Å². The zero-order chi connectivity index (χ0) is 20.5. The fraction of sp³-hybridized carbons (Fsp3) is 0.333. The number of hydrogen-bond acceptors (Lipinski definition) is 5. The van der Waals surface area contributed by atoms with Crippen LogP contribution in [0.2, 0.25) is 0 Å². The van der Waals surface area contributed by atoms with Gasteiger partial charge in [-0.2, -0.15) is 5.26 Å². The Hall–Kier alpha value is -2.62. The van der Waals surface area contributed by atoms with Gasteiger partial charge in [-0.3, -0.25) is 9.29 Å². The normalized spacial score (nSPS) is 17.7. The highest BCUT2D eigenvalue weighted by Gasteiger charge is 2.28. The van der Waals surface area contributed by atoms with Crippen LogP contribution in [0.3, 0.4) is 0 Å². The number of nitrogens with one attached hydrogen (secondary N) is 1. The van der Waals surface area contributed by atoms with Crippen LogP contribution in [-0.4, -0.2) is 33.7 Å². The summed E-state index contributed by atoms with van der Waals surface area (Å²) in [5.41, 5.74) is 2.92. The third-order valence-electron chi connectivity index (χ3n) is 5.81. The fourth-order valence-electron chi connectivity index (χ4n) is 3.98. The first-order chi connectivity index (χ1) is 14.7. The van der Waals surface area contributed by atoms with Gasteiger partial charge in [-0.1, -0.05) is 18.0 Å². The van der Waals surface area contributed by atoms with E-state index in [1.165, 1.54) is 18.9 Å². The summed E-state index contributed by atoms with van der Waals surface area (Å²) >= 11 is 2.04. The van der Waals surface area contributed by atoms with Crippen molar-refractivity contribution in [3.05, 3.63) is 60.2 Å². The number of halogens is 1. The summed E-state index contributed by atoms with van der Waals surface area (Å²) in [6, 6.07) is 13.2. The van der Waals surface area contributed by atoms with E-state index in [0.29, 0.717) is 6.04 Å². The van der Waals surface area contributed by atoms with Crippen LogP contribution in [0.15, 0.2) is 48.8 Å². The maximum atomic E-state index is 13.8. The van der Waals surface area contributed by atoms with Crippen LogP contribution in [-0.2, 0) is 0 Å². The number of hydrogen-bond donors (Lipinski definition) is 1. The van der Waals surface area contributed by atoms with Crippen molar-refractivity contribution in [2.24, 2.45) is 0 Å². The lowest BCUT2D eigenvalue weighted by Crippen LogP contribution is -2.35. The van der Waals surface area contributed by atoms with Crippen molar-refractivity contribution >= 4 is 28.4 Å². The van der Waals surface area contributed by atoms with Crippen molar-refractivity contribution in [1.82, 2.24) is 9.29 Å². The first-order valence-electron chi connectivity index (χ1n) is 10.5. The number of rotatable bonds is 5. The number of aromatic nitrogens is 1. The lowest BCUT2D eigenvalue weighted by Gasteiger charge is -2.32. The van der Waals surface area contributed by atoms with E-state index in [0.717, 1.165) is 58.8 Å². The summed E-state index contributed by atoms with van der Waals surface area (Å²) in [6.07, 6.45) is 8.64. The second-order valence-electron chi connectivity index (χ2n) is 8.08. The lowest BCUT2D eigenvalue weighted by atomic mass is 9.98. The van der Waals surface area contributed by atoms with Crippen molar-refractivity contribution in [3.63, 3.8) is 0 Å². The number of fused-ring (bicyclic) bond motifs is 1. The summed E-state index contributed by atoms with van der Waals surface area (Å²) in [6.45, 7) is 2.22. The van der Waals surface area contributed by atoms with Gasteiger partial charge in [-0.05, 0) is 72.5 Å². The quantitative estimate of drug-likeness (QED) is 0.547. The van der Waals surface area contributed by atoms with E-state index in [-0.39, 0.29) is 5.56 Å². The molecule has 0 atom stereocenters. The largest absolute Gasteiger partial charge is 0.382 e.